The van der Waals surface area contributed by atoms with E-state index in [4.69, 9.17) is 14.5 Å². The maximum Gasteiger partial charge on any atom is 0.226 e. The number of nitrogens with zero attached hydrogens (tertiary/aromatic N) is 2. The molecule has 1 N–H and O–H groups in total. The molecule has 7 heteroatoms. The zero-order valence-corrected chi connectivity index (χ0v) is 18.4. The van der Waals surface area contributed by atoms with E-state index in [9.17, 15) is 4.79 Å². The smallest absolute Gasteiger partial charge is 0.226 e. The number of benzene rings is 2. The molecule has 4 aromatic rings. The van der Waals surface area contributed by atoms with E-state index in [2.05, 4.69) is 5.32 Å². The number of amides is 1. The summed E-state index contributed by atoms with van der Waals surface area (Å²) in [4.78, 5) is 17.9. The molecule has 31 heavy (non-hydrogen) atoms. The summed E-state index contributed by atoms with van der Waals surface area (Å²) < 4.78 is 13.1. The van der Waals surface area contributed by atoms with Gasteiger partial charge in [-0.15, -0.1) is 11.3 Å². The summed E-state index contributed by atoms with van der Waals surface area (Å²) in [6.07, 6.45) is 2.27. The van der Waals surface area contributed by atoms with Gasteiger partial charge in [0, 0.05) is 22.8 Å². The maximum atomic E-state index is 12.4. The Morgan fingerprint density at radius 1 is 1.06 bits per heavy atom. The summed E-state index contributed by atoms with van der Waals surface area (Å²) in [7, 11) is 0. The Hall–Kier alpha value is -3.32. The molecular formula is C24H25N3O3S. The molecule has 0 bridgehead atoms. The van der Waals surface area contributed by atoms with Gasteiger partial charge in [0.1, 0.15) is 18.1 Å². The summed E-state index contributed by atoms with van der Waals surface area (Å²) in [6, 6.07) is 15.7. The first kappa shape index (κ1) is 20.9. The molecule has 2 aromatic carbocycles. The highest BCUT2D eigenvalue weighted by molar-refractivity contribution is 7.15. The van der Waals surface area contributed by atoms with Gasteiger partial charge in [-0.1, -0.05) is 17.7 Å². The topological polar surface area (TPSA) is 64.9 Å². The predicted molar refractivity (Wildman–Crippen MR) is 123 cm³/mol. The van der Waals surface area contributed by atoms with E-state index in [1.165, 1.54) is 16.9 Å². The van der Waals surface area contributed by atoms with Crippen molar-refractivity contribution in [3.05, 3.63) is 71.4 Å². The van der Waals surface area contributed by atoms with Crippen molar-refractivity contribution in [1.82, 2.24) is 14.7 Å². The van der Waals surface area contributed by atoms with E-state index < -0.39 is 0 Å². The van der Waals surface area contributed by atoms with Crippen molar-refractivity contribution < 1.29 is 14.3 Å². The molecule has 1 amide bonds. The first-order chi connectivity index (χ1) is 15.1. The second kappa shape index (κ2) is 9.66. The van der Waals surface area contributed by atoms with Crippen LogP contribution in [-0.2, 0) is 11.2 Å². The molecule has 2 aromatic heterocycles. The van der Waals surface area contributed by atoms with Gasteiger partial charge in [0.05, 0.1) is 25.3 Å². The molecule has 6 nitrogen and oxygen atoms in total. The lowest BCUT2D eigenvalue weighted by molar-refractivity contribution is -0.120. The van der Waals surface area contributed by atoms with Gasteiger partial charge >= 0.3 is 0 Å². The van der Waals surface area contributed by atoms with Crippen LogP contribution in [-0.4, -0.2) is 35.1 Å². The molecule has 2 heterocycles. The molecule has 0 saturated heterocycles. The fourth-order valence-electron chi connectivity index (χ4n) is 3.21. The van der Waals surface area contributed by atoms with Crippen LogP contribution in [0.25, 0.3) is 16.2 Å². The third-order valence-corrected chi connectivity index (χ3v) is 5.69. The maximum absolute atomic E-state index is 12.4. The molecule has 0 aliphatic heterocycles. The fourth-order valence-corrected chi connectivity index (χ4v) is 4.08. The van der Waals surface area contributed by atoms with Crippen LogP contribution >= 0.6 is 11.3 Å². The van der Waals surface area contributed by atoms with E-state index in [1.54, 1.807) is 0 Å². The summed E-state index contributed by atoms with van der Waals surface area (Å²) in [5.41, 5.74) is 4.00. The van der Waals surface area contributed by atoms with Gasteiger partial charge in [0.2, 0.25) is 5.91 Å². The molecule has 4 rings (SSSR count). The van der Waals surface area contributed by atoms with Gasteiger partial charge < -0.3 is 14.8 Å². The number of nitrogens with one attached hydrogen (secondary N) is 1. The van der Waals surface area contributed by atoms with Crippen LogP contribution in [0, 0.1) is 6.92 Å². The molecule has 0 saturated carbocycles. The Bertz CT molecular complexity index is 1150. The highest BCUT2D eigenvalue weighted by Crippen LogP contribution is 2.25. The Kier molecular flexibility index (Phi) is 6.52. The monoisotopic (exact) mass is 435 g/mol. The van der Waals surface area contributed by atoms with Crippen LogP contribution in [0.5, 0.6) is 11.5 Å². The van der Waals surface area contributed by atoms with Crippen LogP contribution in [0.3, 0.4) is 0 Å². The van der Waals surface area contributed by atoms with Crippen LogP contribution in [0.2, 0.25) is 0 Å². The van der Waals surface area contributed by atoms with E-state index in [1.807, 2.05) is 78.4 Å². The molecule has 0 radical (unpaired) electrons. The summed E-state index contributed by atoms with van der Waals surface area (Å²) in [5, 5.41) is 4.90. The molecule has 0 spiro atoms. The van der Waals surface area contributed by atoms with Crippen LogP contribution in [0.15, 0.2) is 60.1 Å². The highest BCUT2D eigenvalue weighted by Gasteiger charge is 2.12. The Balaban J connectivity index is 1.33. The summed E-state index contributed by atoms with van der Waals surface area (Å²) >= 11 is 1.53. The molecular weight excluding hydrogens is 410 g/mol. The number of carbonyl (C=O) groups is 1. The van der Waals surface area contributed by atoms with Crippen molar-refractivity contribution in [2.75, 3.05) is 19.8 Å². The second-order valence-corrected chi connectivity index (χ2v) is 7.99. The van der Waals surface area contributed by atoms with E-state index in [0.29, 0.717) is 26.2 Å². The third kappa shape index (κ3) is 5.24. The van der Waals surface area contributed by atoms with Crippen molar-refractivity contribution in [1.29, 1.82) is 0 Å². The van der Waals surface area contributed by atoms with Crippen LogP contribution in [0.1, 0.15) is 18.2 Å². The third-order valence-electron chi connectivity index (χ3n) is 4.80. The van der Waals surface area contributed by atoms with Crippen molar-refractivity contribution in [3.8, 4) is 22.8 Å². The number of imidazole rings is 1. The Morgan fingerprint density at radius 3 is 2.52 bits per heavy atom. The van der Waals surface area contributed by atoms with E-state index in [0.717, 1.165) is 33.4 Å². The second-order valence-electron chi connectivity index (χ2n) is 7.15. The lowest BCUT2D eigenvalue weighted by Crippen LogP contribution is -2.29. The minimum Gasteiger partial charge on any atom is -0.494 e. The first-order valence-electron chi connectivity index (χ1n) is 10.3. The number of aromatic nitrogens is 2. The quantitative estimate of drug-likeness (QED) is 0.393. The predicted octanol–water partition coefficient (Wildman–Crippen LogP) is 4.51. The molecule has 0 aliphatic rings. The van der Waals surface area contributed by atoms with Crippen molar-refractivity contribution in [2.45, 2.75) is 20.3 Å². The minimum atomic E-state index is -0.0384. The number of thiazole rings is 1. The molecule has 0 unspecified atom stereocenters. The standard InChI is InChI=1S/C24H25N3O3S/c1-3-29-20-10-6-18(7-11-20)22-15-27-19(16-31-24(27)26-22)14-23(28)25-12-13-30-21-8-4-17(2)5-9-21/h4-11,15-16H,3,12-14H2,1-2H3,(H,25,28). The van der Waals surface area contributed by atoms with Gasteiger partial charge in [-0.25, -0.2) is 4.98 Å². The number of aryl methyl sites for hydroxylation is 1. The minimum absolute atomic E-state index is 0.0384. The zero-order chi connectivity index (χ0) is 21.6. The highest BCUT2D eigenvalue weighted by atomic mass is 32.1. The van der Waals surface area contributed by atoms with Crippen molar-refractivity contribution in [3.63, 3.8) is 0 Å². The molecule has 0 fully saturated rings. The van der Waals surface area contributed by atoms with Gasteiger partial charge in [0.25, 0.3) is 0 Å². The number of carbonyl (C=O) groups excluding carboxylic acids is 1. The number of ether oxygens (including phenoxy) is 2. The number of hydrogen-bond acceptors (Lipinski definition) is 5. The van der Waals surface area contributed by atoms with Crippen molar-refractivity contribution >= 4 is 22.2 Å². The van der Waals surface area contributed by atoms with Gasteiger partial charge in [0.15, 0.2) is 4.96 Å². The zero-order valence-electron chi connectivity index (χ0n) is 17.6. The lowest BCUT2D eigenvalue weighted by Gasteiger charge is -2.08. The van der Waals surface area contributed by atoms with E-state index in [-0.39, 0.29) is 5.91 Å². The van der Waals surface area contributed by atoms with Crippen molar-refractivity contribution in [2.24, 2.45) is 0 Å². The Morgan fingerprint density at radius 2 is 1.77 bits per heavy atom. The number of rotatable bonds is 9. The first-order valence-corrected chi connectivity index (χ1v) is 11.1. The summed E-state index contributed by atoms with van der Waals surface area (Å²) in [6.45, 7) is 5.53. The van der Waals surface area contributed by atoms with Gasteiger partial charge in [-0.2, -0.15) is 0 Å². The Labute approximate surface area is 185 Å². The number of fused-ring (bicyclic) bond motifs is 1. The summed E-state index contributed by atoms with van der Waals surface area (Å²) in [5.74, 6) is 1.61. The average Bonchev–Trinajstić information content (AvgIpc) is 3.35. The van der Waals surface area contributed by atoms with Gasteiger partial charge in [-0.05, 0) is 50.2 Å². The van der Waals surface area contributed by atoms with Gasteiger partial charge in [-0.3, -0.25) is 9.20 Å². The molecule has 160 valence electrons. The normalized spacial score (nSPS) is 10.9. The largest absolute Gasteiger partial charge is 0.494 e. The average molecular weight is 436 g/mol. The lowest BCUT2D eigenvalue weighted by atomic mass is 10.1. The van der Waals surface area contributed by atoms with Crippen LogP contribution in [0.4, 0.5) is 0 Å². The molecule has 0 aliphatic carbocycles. The fraction of sp³-hybridized carbons (Fsp3) is 0.250. The van der Waals surface area contributed by atoms with E-state index >= 15 is 0 Å². The van der Waals surface area contributed by atoms with Crippen LogP contribution < -0.4 is 14.8 Å². The molecule has 0 atom stereocenters. The number of hydrogen-bond donors (Lipinski definition) is 1. The SMILES string of the molecule is CCOc1ccc(-c2cn3c(CC(=O)NCCOc4ccc(C)cc4)csc3n2)cc1.